The largest absolute Gasteiger partial charge is 0.370 e. The SMILES string of the molecule is Cc1ccc(-c2cc(C(=O)Nc3cc(C(N)=O)ccc3N3CCCCC3)on2)cc1. The van der Waals surface area contributed by atoms with Crippen molar-refractivity contribution in [2.75, 3.05) is 23.3 Å². The van der Waals surface area contributed by atoms with Gasteiger partial charge in [-0.15, -0.1) is 0 Å². The Balaban J connectivity index is 1.59. The average Bonchev–Trinajstić information content (AvgIpc) is 3.25. The molecule has 30 heavy (non-hydrogen) atoms. The summed E-state index contributed by atoms with van der Waals surface area (Å²) in [5.41, 5.74) is 9.77. The number of amides is 2. The molecule has 1 saturated heterocycles. The van der Waals surface area contributed by atoms with Crippen LogP contribution in [0.2, 0.25) is 0 Å². The third-order valence-corrected chi connectivity index (χ3v) is 5.31. The molecule has 0 atom stereocenters. The van der Waals surface area contributed by atoms with Crippen LogP contribution < -0.4 is 16.0 Å². The Morgan fingerprint density at radius 3 is 2.47 bits per heavy atom. The number of aryl methyl sites for hydroxylation is 1. The minimum absolute atomic E-state index is 0.0969. The van der Waals surface area contributed by atoms with Crippen LogP contribution in [-0.2, 0) is 0 Å². The molecule has 154 valence electrons. The fourth-order valence-electron chi connectivity index (χ4n) is 3.63. The van der Waals surface area contributed by atoms with Gasteiger partial charge in [-0.2, -0.15) is 0 Å². The Labute approximate surface area is 174 Å². The predicted molar refractivity (Wildman–Crippen MR) is 116 cm³/mol. The molecular weight excluding hydrogens is 380 g/mol. The number of nitrogens with two attached hydrogens (primary N) is 1. The van der Waals surface area contributed by atoms with Crippen molar-refractivity contribution in [3.05, 3.63) is 65.4 Å². The highest BCUT2D eigenvalue weighted by atomic mass is 16.5. The lowest BCUT2D eigenvalue weighted by atomic mass is 10.1. The normalized spacial score (nSPS) is 13.8. The zero-order valence-corrected chi connectivity index (χ0v) is 16.9. The lowest BCUT2D eigenvalue weighted by Gasteiger charge is -2.30. The van der Waals surface area contributed by atoms with Crippen molar-refractivity contribution in [1.82, 2.24) is 5.16 Å². The van der Waals surface area contributed by atoms with E-state index in [-0.39, 0.29) is 5.76 Å². The van der Waals surface area contributed by atoms with Crippen LogP contribution in [-0.4, -0.2) is 30.1 Å². The van der Waals surface area contributed by atoms with E-state index in [2.05, 4.69) is 15.4 Å². The number of nitrogens with one attached hydrogen (secondary N) is 1. The molecule has 2 heterocycles. The van der Waals surface area contributed by atoms with Crippen molar-refractivity contribution >= 4 is 23.2 Å². The molecule has 7 heteroatoms. The van der Waals surface area contributed by atoms with E-state index in [9.17, 15) is 9.59 Å². The van der Waals surface area contributed by atoms with Gasteiger partial charge in [-0.3, -0.25) is 9.59 Å². The maximum atomic E-state index is 12.8. The maximum Gasteiger partial charge on any atom is 0.294 e. The number of hydrogen-bond acceptors (Lipinski definition) is 5. The summed E-state index contributed by atoms with van der Waals surface area (Å²) in [6, 6.07) is 14.6. The van der Waals surface area contributed by atoms with Gasteiger partial charge in [-0.05, 0) is 44.4 Å². The molecule has 4 rings (SSSR count). The molecule has 3 N–H and O–H groups in total. The molecule has 7 nitrogen and oxygen atoms in total. The Hall–Kier alpha value is -3.61. The van der Waals surface area contributed by atoms with Crippen LogP contribution in [0.15, 0.2) is 53.1 Å². The van der Waals surface area contributed by atoms with E-state index < -0.39 is 11.8 Å². The van der Waals surface area contributed by atoms with Crippen LogP contribution >= 0.6 is 0 Å². The molecule has 2 aromatic carbocycles. The first kappa shape index (κ1) is 19.7. The summed E-state index contributed by atoms with van der Waals surface area (Å²) in [5.74, 6) is -0.877. The maximum absolute atomic E-state index is 12.8. The Morgan fingerprint density at radius 2 is 1.77 bits per heavy atom. The van der Waals surface area contributed by atoms with Crippen molar-refractivity contribution in [3.8, 4) is 11.3 Å². The van der Waals surface area contributed by atoms with Gasteiger partial charge < -0.3 is 20.5 Å². The zero-order valence-electron chi connectivity index (χ0n) is 16.9. The van der Waals surface area contributed by atoms with Gasteiger partial charge in [0.05, 0.1) is 11.4 Å². The quantitative estimate of drug-likeness (QED) is 0.669. The molecule has 3 aromatic rings. The molecule has 0 bridgehead atoms. The lowest BCUT2D eigenvalue weighted by Crippen LogP contribution is -2.30. The van der Waals surface area contributed by atoms with E-state index >= 15 is 0 Å². The molecular formula is C23H24N4O3. The Kier molecular flexibility index (Phi) is 5.52. The monoisotopic (exact) mass is 404 g/mol. The molecule has 1 aliphatic rings. The van der Waals surface area contributed by atoms with Gasteiger partial charge in [0.15, 0.2) is 0 Å². The second kappa shape index (κ2) is 8.41. The second-order valence-corrected chi connectivity index (χ2v) is 7.54. The van der Waals surface area contributed by atoms with Gasteiger partial charge in [0.2, 0.25) is 11.7 Å². The highest BCUT2D eigenvalue weighted by Gasteiger charge is 2.20. The van der Waals surface area contributed by atoms with E-state index in [1.165, 1.54) is 6.42 Å². The van der Waals surface area contributed by atoms with Crippen LogP contribution in [0.4, 0.5) is 11.4 Å². The van der Waals surface area contributed by atoms with E-state index in [1.54, 1.807) is 18.2 Å². The molecule has 1 fully saturated rings. The van der Waals surface area contributed by atoms with Gasteiger partial charge in [0.25, 0.3) is 5.91 Å². The number of anilines is 2. The van der Waals surface area contributed by atoms with Gasteiger partial charge >= 0.3 is 0 Å². The first-order valence-electron chi connectivity index (χ1n) is 10.1. The van der Waals surface area contributed by atoms with Crippen molar-refractivity contribution < 1.29 is 14.1 Å². The number of carbonyl (C=O) groups is 2. The predicted octanol–water partition coefficient (Wildman–Crippen LogP) is 3.99. The number of nitrogens with zero attached hydrogens (tertiary/aromatic N) is 2. The van der Waals surface area contributed by atoms with Crippen molar-refractivity contribution in [3.63, 3.8) is 0 Å². The van der Waals surface area contributed by atoms with E-state index in [0.717, 1.165) is 42.7 Å². The van der Waals surface area contributed by atoms with Crippen molar-refractivity contribution in [2.45, 2.75) is 26.2 Å². The molecule has 1 aliphatic heterocycles. The molecule has 2 amide bonds. The van der Waals surface area contributed by atoms with Crippen molar-refractivity contribution in [2.24, 2.45) is 5.73 Å². The molecule has 0 aliphatic carbocycles. The highest BCUT2D eigenvalue weighted by molar-refractivity contribution is 6.06. The number of benzene rings is 2. The van der Waals surface area contributed by atoms with Crippen molar-refractivity contribution in [1.29, 1.82) is 0 Å². The highest BCUT2D eigenvalue weighted by Crippen LogP contribution is 2.30. The lowest BCUT2D eigenvalue weighted by molar-refractivity contribution is 0.0982. The standard InChI is InChI=1S/C23H24N4O3/c1-15-5-7-16(8-6-15)18-14-21(30-26-18)23(29)25-19-13-17(22(24)28)9-10-20(19)27-11-3-2-4-12-27/h5-10,13-14H,2-4,11-12H2,1H3,(H2,24,28)(H,25,29). The number of piperidine rings is 1. The van der Waals surface area contributed by atoms with Gasteiger partial charge in [0, 0.05) is 30.3 Å². The zero-order chi connectivity index (χ0) is 21.1. The van der Waals surface area contributed by atoms with Gasteiger partial charge in [-0.1, -0.05) is 35.0 Å². The molecule has 0 unspecified atom stereocenters. The second-order valence-electron chi connectivity index (χ2n) is 7.54. The first-order valence-corrected chi connectivity index (χ1v) is 10.1. The van der Waals surface area contributed by atoms with Crippen LogP contribution in [0.1, 0.15) is 45.7 Å². The van der Waals surface area contributed by atoms with Gasteiger partial charge in [0.1, 0.15) is 5.69 Å². The Bertz CT molecular complexity index is 1070. The number of rotatable bonds is 5. The topological polar surface area (TPSA) is 101 Å². The number of primary amides is 1. The summed E-state index contributed by atoms with van der Waals surface area (Å²) in [4.78, 5) is 26.7. The smallest absolute Gasteiger partial charge is 0.294 e. The third kappa shape index (κ3) is 4.20. The van der Waals surface area contributed by atoms with Crippen LogP contribution in [0, 0.1) is 6.92 Å². The van der Waals surface area contributed by atoms with E-state index in [1.807, 2.05) is 37.3 Å². The summed E-state index contributed by atoms with van der Waals surface area (Å²) >= 11 is 0. The summed E-state index contributed by atoms with van der Waals surface area (Å²) in [5, 5.41) is 6.89. The number of hydrogen-bond donors (Lipinski definition) is 2. The minimum atomic E-state index is -0.544. The number of aromatic nitrogens is 1. The molecule has 0 radical (unpaired) electrons. The summed E-state index contributed by atoms with van der Waals surface area (Å²) in [6.45, 7) is 3.81. The third-order valence-electron chi connectivity index (χ3n) is 5.31. The van der Waals surface area contributed by atoms with E-state index in [4.69, 9.17) is 10.3 Å². The first-order chi connectivity index (χ1) is 14.5. The molecule has 0 spiro atoms. The molecule has 0 saturated carbocycles. The fraction of sp³-hybridized carbons (Fsp3) is 0.261. The van der Waals surface area contributed by atoms with E-state index in [0.29, 0.717) is 16.9 Å². The van der Waals surface area contributed by atoms with Crippen LogP contribution in [0.5, 0.6) is 0 Å². The van der Waals surface area contributed by atoms with Gasteiger partial charge in [-0.25, -0.2) is 0 Å². The summed E-state index contributed by atoms with van der Waals surface area (Å²) < 4.78 is 5.28. The fourth-order valence-corrected chi connectivity index (χ4v) is 3.63. The minimum Gasteiger partial charge on any atom is -0.370 e. The average molecular weight is 404 g/mol. The molecule has 1 aromatic heterocycles. The van der Waals surface area contributed by atoms with Crippen LogP contribution in [0.25, 0.3) is 11.3 Å². The summed E-state index contributed by atoms with van der Waals surface area (Å²) in [6.07, 6.45) is 3.37. The Morgan fingerprint density at radius 1 is 1.03 bits per heavy atom. The number of carbonyl (C=O) groups excluding carboxylic acids is 2. The van der Waals surface area contributed by atoms with Crippen LogP contribution in [0.3, 0.4) is 0 Å². The summed E-state index contributed by atoms with van der Waals surface area (Å²) in [7, 11) is 0.